The fourth-order valence-corrected chi connectivity index (χ4v) is 2.00. The number of amides is 2. The van der Waals surface area contributed by atoms with Crippen molar-refractivity contribution in [1.82, 2.24) is 4.90 Å². The molecule has 0 saturated carbocycles. The van der Waals surface area contributed by atoms with Gasteiger partial charge in [-0.05, 0) is 31.4 Å². The van der Waals surface area contributed by atoms with E-state index in [1.165, 1.54) is 4.90 Å². The number of carbonyl (C=O) groups is 2. The standard InChI is InChI=1S/C14H15NO2/c1-2-3-4-7-10-15-13(16)11-8-5-6-9-12(11)14(15)17/h2,5-6,8-9H,1,3-4,7,10H2. The summed E-state index contributed by atoms with van der Waals surface area (Å²) in [5.74, 6) is -0.326. The third-order valence-corrected chi connectivity index (χ3v) is 2.92. The van der Waals surface area contributed by atoms with Gasteiger partial charge in [-0.2, -0.15) is 0 Å². The topological polar surface area (TPSA) is 37.4 Å². The first-order chi connectivity index (χ1) is 8.25. The molecule has 0 aliphatic carbocycles. The number of rotatable bonds is 5. The van der Waals surface area contributed by atoms with Crippen LogP contribution in [0.3, 0.4) is 0 Å². The quantitative estimate of drug-likeness (QED) is 0.442. The first kappa shape index (κ1) is 11.6. The van der Waals surface area contributed by atoms with Crippen LogP contribution in [0, 0.1) is 0 Å². The van der Waals surface area contributed by atoms with Crippen molar-refractivity contribution < 1.29 is 9.59 Å². The van der Waals surface area contributed by atoms with Gasteiger partial charge in [0.25, 0.3) is 11.8 Å². The number of fused-ring (bicyclic) bond motifs is 1. The summed E-state index contributed by atoms with van der Waals surface area (Å²) in [4.78, 5) is 25.3. The van der Waals surface area contributed by atoms with Gasteiger partial charge >= 0.3 is 0 Å². The zero-order valence-electron chi connectivity index (χ0n) is 9.69. The molecule has 0 aromatic heterocycles. The molecule has 1 heterocycles. The van der Waals surface area contributed by atoms with Gasteiger partial charge in [0.1, 0.15) is 0 Å². The molecule has 1 aliphatic rings. The van der Waals surface area contributed by atoms with Gasteiger partial charge in [0.05, 0.1) is 11.1 Å². The van der Waals surface area contributed by atoms with Crippen molar-refractivity contribution in [2.45, 2.75) is 19.3 Å². The zero-order chi connectivity index (χ0) is 12.3. The van der Waals surface area contributed by atoms with Crippen molar-refractivity contribution >= 4 is 11.8 Å². The number of hydrogen-bond acceptors (Lipinski definition) is 2. The van der Waals surface area contributed by atoms with Crippen LogP contribution in [0.25, 0.3) is 0 Å². The van der Waals surface area contributed by atoms with E-state index in [1.54, 1.807) is 24.3 Å². The van der Waals surface area contributed by atoms with Crippen LogP contribution < -0.4 is 0 Å². The van der Waals surface area contributed by atoms with Gasteiger partial charge in [-0.25, -0.2) is 0 Å². The van der Waals surface area contributed by atoms with Crippen LogP contribution in [0.2, 0.25) is 0 Å². The molecule has 0 atom stereocenters. The summed E-state index contributed by atoms with van der Waals surface area (Å²) in [6.45, 7) is 4.15. The van der Waals surface area contributed by atoms with Crippen LogP contribution in [0.5, 0.6) is 0 Å². The minimum Gasteiger partial charge on any atom is -0.274 e. The first-order valence-corrected chi connectivity index (χ1v) is 5.82. The van der Waals surface area contributed by atoms with Crippen LogP contribution in [0.15, 0.2) is 36.9 Å². The summed E-state index contributed by atoms with van der Waals surface area (Å²) < 4.78 is 0. The molecule has 2 amide bonds. The van der Waals surface area contributed by atoms with E-state index in [2.05, 4.69) is 6.58 Å². The predicted octanol–water partition coefficient (Wildman–Crippen LogP) is 2.64. The molecule has 1 aromatic carbocycles. The van der Waals surface area contributed by atoms with Gasteiger partial charge in [0, 0.05) is 6.54 Å². The molecule has 0 spiro atoms. The number of hydrogen-bond donors (Lipinski definition) is 0. The van der Waals surface area contributed by atoms with E-state index in [4.69, 9.17) is 0 Å². The molecule has 0 fully saturated rings. The Morgan fingerprint density at radius 2 is 1.65 bits per heavy atom. The van der Waals surface area contributed by atoms with Gasteiger partial charge in [-0.1, -0.05) is 18.2 Å². The van der Waals surface area contributed by atoms with Gasteiger partial charge in [-0.15, -0.1) is 6.58 Å². The summed E-state index contributed by atoms with van der Waals surface area (Å²) in [5.41, 5.74) is 1.06. The van der Waals surface area contributed by atoms with E-state index >= 15 is 0 Å². The minimum absolute atomic E-state index is 0.163. The highest BCUT2D eigenvalue weighted by molar-refractivity contribution is 6.21. The van der Waals surface area contributed by atoms with E-state index in [-0.39, 0.29) is 11.8 Å². The monoisotopic (exact) mass is 229 g/mol. The predicted molar refractivity (Wildman–Crippen MR) is 65.9 cm³/mol. The molecule has 0 saturated heterocycles. The Labute approximate surface area is 101 Å². The minimum atomic E-state index is -0.163. The second kappa shape index (κ2) is 4.95. The fourth-order valence-electron chi connectivity index (χ4n) is 2.00. The number of carbonyl (C=O) groups excluding carboxylic acids is 2. The second-order valence-corrected chi connectivity index (χ2v) is 4.09. The number of nitrogens with zero attached hydrogens (tertiary/aromatic N) is 1. The third-order valence-electron chi connectivity index (χ3n) is 2.92. The van der Waals surface area contributed by atoms with E-state index in [0.29, 0.717) is 17.7 Å². The Hall–Kier alpha value is -1.90. The largest absolute Gasteiger partial charge is 0.274 e. The van der Waals surface area contributed by atoms with Crippen molar-refractivity contribution in [2.75, 3.05) is 6.54 Å². The molecule has 1 aromatic rings. The summed E-state index contributed by atoms with van der Waals surface area (Å²) >= 11 is 0. The van der Waals surface area contributed by atoms with Gasteiger partial charge < -0.3 is 0 Å². The molecule has 3 nitrogen and oxygen atoms in total. The normalized spacial score (nSPS) is 14.0. The van der Waals surface area contributed by atoms with E-state index in [1.807, 2.05) is 6.08 Å². The van der Waals surface area contributed by atoms with Gasteiger partial charge in [-0.3, -0.25) is 14.5 Å². The summed E-state index contributed by atoms with van der Waals surface area (Å²) in [7, 11) is 0. The molecule has 17 heavy (non-hydrogen) atoms. The molecular weight excluding hydrogens is 214 g/mol. The SMILES string of the molecule is C=CCCCCN1C(=O)c2ccccc2C1=O. The molecular formula is C14H15NO2. The molecule has 88 valence electrons. The van der Waals surface area contributed by atoms with E-state index in [0.717, 1.165) is 19.3 Å². The van der Waals surface area contributed by atoms with Crippen molar-refractivity contribution in [1.29, 1.82) is 0 Å². The fraction of sp³-hybridized carbons (Fsp3) is 0.286. The van der Waals surface area contributed by atoms with Crippen molar-refractivity contribution in [3.63, 3.8) is 0 Å². The lowest BCUT2D eigenvalue weighted by atomic mass is 10.1. The molecule has 0 unspecified atom stereocenters. The number of imide groups is 1. The Bertz CT molecular complexity index is 430. The van der Waals surface area contributed by atoms with Crippen LogP contribution in [0.1, 0.15) is 40.0 Å². The van der Waals surface area contributed by atoms with Crippen molar-refractivity contribution in [2.24, 2.45) is 0 Å². The molecule has 1 aliphatic heterocycles. The zero-order valence-corrected chi connectivity index (χ0v) is 9.69. The molecule has 0 radical (unpaired) electrons. The Balaban J connectivity index is 2.05. The third kappa shape index (κ3) is 2.13. The lowest BCUT2D eigenvalue weighted by Gasteiger charge is -2.12. The maximum absolute atomic E-state index is 12.0. The van der Waals surface area contributed by atoms with Crippen molar-refractivity contribution in [3.05, 3.63) is 48.0 Å². The number of allylic oxidation sites excluding steroid dienone is 1. The number of benzene rings is 1. The smallest absolute Gasteiger partial charge is 0.261 e. The van der Waals surface area contributed by atoms with Crippen LogP contribution in [-0.2, 0) is 0 Å². The second-order valence-electron chi connectivity index (χ2n) is 4.09. The summed E-state index contributed by atoms with van der Waals surface area (Å²) in [5, 5.41) is 0. The maximum Gasteiger partial charge on any atom is 0.261 e. The Morgan fingerprint density at radius 3 is 2.18 bits per heavy atom. The highest BCUT2D eigenvalue weighted by Gasteiger charge is 2.34. The highest BCUT2D eigenvalue weighted by atomic mass is 16.2. The average Bonchev–Trinajstić information content (AvgIpc) is 2.60. The molecule has 3 heteroatoms. The Kier molecular flexibility index (Phi) is 3.38. The lowest BCUT2D eigenvalue weighted by molar-refractivity contribution is 0.0652. The average molecular weight is 229 g/mol. The molecule has 0 bridgehead atoms. The molecule has 0 N–H and O–H groups in total. The molecule has 2 rings (SSSR count). The Morgan fingerprint density at radius 1 is 1.06 bits per heavy atom. The summed E-state index contributed by atoms with van der Waals surface area (Å²) in [6.07, 6.45) is 4.56. The summed E-state index contributed by atoms with van der Waals surface area (Å²) in [6, 6.07) is 6.98. The van der Waals surface area contributed by atoms with Gasteiger partial charge in [0.15, 0.2) is 0 Å². The lowest BCUT2D eigenvalue weighted by Crippen LogP contribution is -2.30. The van der Waals surface area contributed by atoms with Crippen LogP contribution in [0.4, 0.5) is 0 Å². The highest BCUT2D eigenvalue weighted by Crippen LogP contribution is 2.22. The maximum atomic E-state index is 12.0. The first-order valence-electron chi connectivity index (χ1n) is 5.82. The number of unbranched alkanes of at least 4 members (excludes halogenated alkanes) is 2. The van der Waals surface area contributed by atoms with E-state index in [9.17, 15) is 9.59 Å². The van der Waals surface area contributed by atoms with Crippen LogP contribution in [-0.4, -0.2) is 23.3 Å². The van der Waals surface area contributed by atoms with Crippen LogP contribution >= 0.6 is 0 Å². The van der Waals surface area contributed by atoms with Gasteiger partial charge in [0.2, 0.25) is 0 Å². The van der Waals surface area contributed by atoms with E-state index < -0.39 is 0 Å². The van der Waals surface area contributed by atoms with Crippen molar-refractivity contribution in [3.8, 4) is 0 Å².